The first-order valence-corrected chi connectivity index (χ1v) is 11.0. The highest BCUT2D eigenvalue weighted by Crippen LogP contribution is 2.28. The van der Waals surface area contributed by atoms with Crippen LogP contribution in [-0.2, 0) is 7.05 Å². The van der Waals surface area contributed by atoms with Crippen LogP contribution in [0.2, 0.25) is 5.15 Å². The molecule has 9 heteroatoms. The number of rotatable bonds is 6. The molecule has 0 spiro atoms. The molecule has 1 fully saturated rings. The molecule has 0 bridgehead atoms. The van der Waals surface area contributed by atoms with Crippen molar-refractivity contribution < 1.29 is 4.79 Å². The Morgan fingerprint density at radius 1 is 1.19 bits per heavy atom. The van der Waals surface area contributed by atoms with Crippen LogP contribution in [0.4, 0.5) is 11.8 Å². The van der Waals surface area contributed by atoms with E-state index in [4.69, 9.17) is 21.6 Å². The second-order valence-electron chi connectivity index (χ2n) is 8.33. The van der Waals surface area contributed by atoms with E-state index in [-0.39, 0.29) is 5.91 Å². The van der Waals surface area contributed by atoms with Gasteiger partial charge in [0.2, 0.25) is 5.95 Å². The van der Waals surface area contributed by atoms with Crippen LogP contribution in [0, 0.1) is 5.92 Å². The molecule has 164 valence electrons. The summed E-state index contributed by atoms with van der Waals surface area (Å²) in [6, 6.07) is 8.40. The molecule has 3 aromatic rings. The number of nitrogens with zero attached hydrogens (tertiary/aromatic N) is 5. The molecule has 1 amide bonds. The number of carbonyl (C=O) groups is 1. The number of aryl methyl sites for hydroxylation is 1. The monoisotopic (exact) mass is 441 g/mol. The van der Waals surface area contributed by atoms with Gasteiger partial charge in [-0.2, -0.15) is 10.1 Å². The van der Waals surface area contributed by atoms with Crippen molar-refractivity contribution in [2.45, 2.75) is 31.7 Å². The average molecular weight is 442 g/mol. The molecule has 2 N–H and O–H groups in total. The molecule has 1 aliphatic carbocycles. The van der Waals surface area contributed by atoms with E-state index in [1.54, 1.807) is 7.05 Å². The SMILES string of the molecule is CN(C)c1nc(NC2CCC(CNC(=O)c3cnn(C)c3Cl)CC2)nc2ccccc12. The van der Waals surface area contributed by atoms with E-state index >= 15 is 0 Å². The van der Waals surface area contributed by atoms with Gasteiger partial charge in [0.25, 0.3) is 5.91 Å². The molecule has 4 rings (SSSR count). The van der Waals surface area contributed by atoms with E-state index < -0.39 is 0 Å². The summed E-state index contributed by atoms with van der Waals surface area (Å²) in [6.45, 7) is 0.647. The van der Waals surface area contributed by atoms with Crippen LogP contribution < -0.4 is 15.5 Å². The summed E-state index contributed by atoms with van der Waals surface area (Å²) in [6.07, 6.45) is 5.60. The van der Waals surface area contributed by atoms with Crippen LogP contribution in [0.1, 0.15) is 36.0 Å². The highest BCUT2D eigenvalue weighted by Gasteiger charge is 2.23. The summed E-state index contributed by atoms with van der Waals surface area (Å²) in [4.78, 5) is 23.8. The lowest BCUT2D eigenvalue weighted by molar-refractivity contribution is 0.0943. The second kappa shape index (κ2) is 9.09. The van der Waals surface area contributed by atoms with Gasteiger partial charge in [-0.3, -0.25) is 9.48 Å². The summed E-state index contributed by atoms with van der Waals surface area (Å²) < 4.78 is 1.49. The van der Waals surface area contributed by atoms with Crippen LogP contribution in [0.25, 0.3) is 10.9 Å². The molecular formula is C22H28ClN7O. The fourth-order valence-corrected chi connectivity index (χ4v) is 4.24. The minimum Gasteiger partial charge on any atom is -0.362 e. The standard InChI is InChI=1S/C22H28ClN7O/c1-29(2)20-16-6-4-5-7-18(16)27-22(28-20)26-15-10-8-14(9-11-15)12-24-21(31)17-13-25-30(3)19(17)23/h4-7,13-15H,8-12H2,1-3H3,(H,24,31)(H,26,27,28). The Balaban J connectivity index is 1.32. The van der Waals surface area contributed by atoms with E-state index in [0.29, 0.717) is 35.2 Å². The number of fused-ring (bicyclic) bond motifs is 1. The van der Waals surface area contributed by atoms with Gasteiger partial charge >= 0.3 is 0 Å². The van der Waals surface area contributed by atoms with E-state index in [0.717, 1.165) is 42.4 Å². The number of aromatic nitrogens is 4. The minimum atomic E-state index is -0.167. The largest absolute Gasteiger partial charge is 0.362 e. The first-order chi connectivity index (χ1) is 14.9. The van der Waals surface area contributed by atoms with Crippen LogP contribution in [0.5, 0.6) is 0 Å². The van der Waals surface area contributed by atoms with Gasteiger partial charge in [0.1, 0.15) is 11.0 Å². The Hall–Kier alpha value is -2.87. The van der Waals surface area contributed by atoms with Crippen LogP contribution in [0.3, 0.4) is 0 Å². The topological polar surface area (TPSA) is 88.0 Å². The quantitative estimate of drug-likeness (QED) is 0.608. The predicted molar refractivity (Wildman–Crippen MR) is 124 cm³/mol. The third-order valence-corrected chi connectivity index (χ3v) is 6.30. The number of hydrogen-bond donors (Lipinski definition) is 2. The van der Waals surface area contributed by atoms with Gasteiger partial charge in [-0.1, -0.05) is 23.7 Å². The molecule has 31 heavy (non-hydrogen) atoms. The maximum absolute atomic E-state index is 12.3. The van der Waals surface area contributed by atoms with Gasteiger partial charge in [-0.05, 0) is 43.7 Å². The van der Waals surface area contributed by atoms with E-state index in [1.807, 2.05) is 43.3 Å². The predicted octanol–water partition coefficient (Wildman–Crippen LogP) is 3.48. The molecule has 8 nitrogen and oxygen atoms in total. The number of anilines is 2. The van der Waals surface area contributed by atoms with Crippen molar-refractivity contribution in [3.8, 4) is 0 Å². The van der Waals surface area contributed by atoms with Gasteiger partial charge < -0.3 is 15.5 Å². The van der Waals surface area contributed by atoms with E-state index in [2.05, 4.69) is 15.7 Å². The van der Waals surface area contributed by atoms with E-state index in [1.165, 1.54) is 10.9 Å². The first kappa shape index (κ1) is 21.4. The van der Waals surface area contributed by atoms with Gasteiger partial charge in [0.15, 0.2) is 0 Å². The second-order valence-corrected chi connectivity index (χ2v) is 8.69. The van der Waals surface area contributed by atoms with Crippen LogP contribution in [-0.4, -0.2) is 52.3 Å². The molecular weight excluding hydrogens is 414 g/mol. The Morgan fingerprint density at radius 2 is 1.94 bits per heavy atom. The number of hydrogen-bond acceptors (Lipinski definition) is 6. The first-order valence-electron chi connectivity index (χ1n) is 10.6. The average Bonchev–Trinajstić information content (AvgIpc) is 3.11. The molecule has 1 saturated carbocycles. The summed E-state index contributed by atoms with van der Waals surface area (Å²) in [5.41, 5.74) is 1.36. The molecule has 0 saturated heterocycles. The lowest BCUT2D eigenvalue weighted by Crippen LogP contribution is -2.34. The molecule has 1 aliphatic rings. The van der Waals surface area contributed by atoms with Crippen molar-refractivity contribution in [3.05, 3.63) is 41.2 Å². The van der Waals surface area contributed by atoms with Crippen molar-refractivity contribution in [2.24, 2.45) is 13.0 Å². The third-order valence-electron chi connectivity index (χ3n) is 5.85. The maximum Gasteiger partial charge on any atom is 0.256 e. The van der Waals surface area contributed by atoms with Crippen molar-refractivity contribution in [1.82, 2.24) is 25.1 Å². The van der Waals surface area contributed by atoms with Crippen LogP contribution >= 0.6 is 11.6 Å². The maximum atomic E-state index is 12.3. The van der Waals surface area contributed by atoms with Crippen LogP contribution in [0.15, 0.2) is 30.5 Å². The molecule has 0 unspecified atom stereocenters. The van der Waals surface area contributed by atoms with Gasteiger partial charge in [0.05, 0.1) is 17.3 Å². The highest BCUT2D eigenvalue weighted by molar-refractivity contribution is 6.32. The summed E-state index contributed by atoms with van der Waals surface area (Å²) in [7, 11) is 5.71. The Morgan fingerprint density at radius 3 is 2.61 bits per heavy atom. The lowest BCUT2D eigenvalue weighted by atomic mass is 9.86. The smallest absolute Gasteiger partial charge is 0.256 e. The van der Waals surface area contributed by atoms with E-state index in [9.17, 15) is 4.79 Å². The van der Waals surface area contributed by atoms with Gasteiger partial charge in [-0.15, -0.1) is 0 Å². The summed E-state index contributed by atoms with van der Waals surface area (Å²) >= 11 is 6.10. The zero-order chi connectivity index (χ0) is 22.0. The zero-order valence-corrected chi connectivity index (χ0v) is 18.9. The van der Waals surface area contributed by atoms with Crippen molar-refractivity contribution in [3.63, 3.8) is 0 Å². The number of para-hydroxylation sites is 1. The molecule has 2 aromatic heterocycles. The fraction of sp³-hybridized carbons (Fsp3) is 0.455. The van der Waals surface area contributed by atoms with Crippen molar-refractivity contribution >= 4 is 40.2 Å². The molecule has 0 atom stereocenters. The Bertz CT molecular complexity index is 1070. The minimum absolute atomic E-state index is 0.167. The zero-order valence-electron chi connectivity index (χ0n) is 18.1. The molecule has 1 aromatic carbocycles. The van der Waals surface area contributed by atoms with Crippen molar-refractivity contribution in [2.75, 3.05) is 30.9 Å². The summed E-state index contributed by atoms with van der Waals surface area (Å²) in [5.74, 6) is 1.87. The highest BCUT2D eigenvalue weighted by atomic mass is 35.5. The molecule has 0 aliphatic heterocycles. The molecule has 2 heterocycles. The van der Waals surface area contributed by atoms with Gasteiger partial charge in [-0.25, -0.2) is 4.98 Å². The number of halogens is 1. The Kier molecular flexibility index (Phi) is 6.27. The third kappa shape index (κ3) is 4.74. The number of nitrogens with one attached hydrogen (secondary N) is 2. The summed E-state index contributed by atoms with van der Waals surface area (Å²) in [5, 5.41) is 12.0. The number of carbonyl (C=O) groups excluding carboxylic acids is 1. The number of amides is 1. The molecule has 0 radical (unpaired) electrons. The van der Waals surface area contributed by atoms with Gasteiger partial charge in [0, 0.05) is 39.1 Å². The lowest BCUT2D eigenvalue weighted by Gasteiger charge is -2.29. The number of benzene rings is 1. The fourth-order valence-electron chi connectivity index (χ4n) is 4.07. The van der Waals surface area contributed by atoms with Crippen molar-refractivity contribution in [1.29, 1.82) is 0 Å². The Labute approximate surface area is 187 Å². The normalized spacial score (nSPS) is 18.7.